The van der Waals surface area contributed by atoms with Crippen LogP contribution in [0, 0.1) is 0 Å². The molecule has 1 atom stereocenters. The number of anilines is 1. The van der Waals surface area contributed by atoms with Crippen molar-refractivity contribution in [2.45, 2.75) is 26.3 Å². The van der Waals surface area contributed by atoms with Crippen LogP contribution in [0.25, 0.3) is 0 Å². The highest BCUT2D eigenvalue weighted by atomic mass is 35.5. The Hall–Kier alpha value is -0.970. The fourth-order valence-corrected chi connectivity index (χ4v) is 1.81. The van der Waals surface area contributed by atoms with E-state index in [4.69, 9.17) is 10.8 Å². The summed E-state index contributed by atoms with van der Waals surface area (Å²) in [5.74, 6) is -0.960. The third-order valence-electron chi connectivity index (χ3n) is 2.81. The Labute approximate surface area is 126 Å². The van der Waals surface area contributed by atoms with Crippen LogP contribution in [0.5, 0.6) is 0 Å². The first kappa shape index (κ1) is 20.3. The summed E-state index contributed by atoms with van der Waals surface area (Å²) in [6.07, 6.45) is 0.366. The molecule has 1 unspecified atom stereocenters. The number of nitrogens with two attached hydrogens (primary N) is 1. The maximum atomic E-state index is 10.7. The van der Waals surface area contributed by atoms with E-state index in [1.807, 2.05) is 24.3 Å². The molecule has 0 aliphatic rings. The van der Waals surface area contributed by atoms with Gasteiger partial charge in [-0.05, 0) is 38.0 Å². The molecule has 0 aromatic heterocycles. The van der Waals surface area contributed by atoms with Crippen LogP contribution in [0.4, 0.5) is 5.69 Å². The van der Waals surface area contributed by atoms with Crippen LogP contribution in [-0.2, 0) is 11.2 Å². The minimum Gasteiger partial charge on any atom is -0.480 e. The standard InChI is InChI=1S/C13H20N2O2.2ClH/c1-3-15(4-2)11-7-5-6-10(8-11)9-12(14)13(16)17;;/h5-8,12H,3-4,9,14H2,1-2H3,(H,16,17);2*1H. The van der Waals surface area contributed by atoms with Crippen molar-refractivity contribution in [3.05, 3.63) is 29.8 Å². The number of carboxylic acid groups (broad SMARTS) is 1. The first-order valence-corrected chi connectivity index (χ1v) is 5.90. The summed E-state index contributed by atoms with van der Waals surface area (Å²) in [7, 11) is 0. The van der Waals surface area contributed by atoms with Crippen molar-refractivity contribution in [2.75, 3.05) is 18.0 Å². The summed E-state index contributed by atoms with van der Waals surface area (Å²) < 4.78 is 0. The number of hydrogen-bond acceptors (Lipinski definition) is 3. The molecule has 0 fully saturated rings. The highest BCUT2D eigenvalue weighted by Gasteiger charge is 2.12. The van der Waals surface area contributed by atoms with E-state index in [9.17, 15) is 4.79 Å². The maximum Gasteiger partial charge on any atom is 0.320 e. The van der Waals surface area contributed by atoms with Gasteiger partial charge in [0.2, 0.25) is 0 Å². The van der Waals surface area contributed by atoms with Gasteiger partial charge in [0.15, 0.2) is 0 Å². The molecular formula is C13H22Cl2N2O2. The third kappa shape index (κ3) is 6.14. The van der Waals surface area contributed by atoms with Gasteiger partial charge < -0.3 is 15.7 Å². The van der Waals surface area contributed by atoms with Gasteiger partial charge in [0.25, 0.3) is 0 Å². The lowest BCUT2D eigenvalue weighted by atomic mass is 10.1. The minimum absolute atomic E-state index is 0. The Morgan fingerprint density at radius 3 is 2.37 bits per heavy atom. The second-order valence-corrected chi connectivity index (χ2v) is 3.99. The molecule has 4 nitrogen and oxygen atoms in total. The molecule has 0 bridgehead atoms. The topological polar surface area (TPSA) is 66.6 Å². The molecule has 0 saturated heterocycles. The molecule has 3 N–H and O–H groups in total. The molecule has 0 radical (unpaired) electrons. The SMILES string of the molecule is CCN(CC)c1cccc(CC(N)C(=O)O)c1.Cl.Cl. The number of carboxylic acids is 1. The summed E-state index contributed by atoms with van der Waals surface area (Å²) in [4.78, 5) is 12.9. The number of aliphatic carboxylic acids is 1. The second kappa shape index (κ2) is 9.89. The van der Waals surface area contributed by atoms with E-state index < -0.39 is 12.0 Å². The normalized spacial score (nSPS) is 10.9. The lowest BCUT2D eigenvalue weighted by Crippen LogP contribution is -2.32. The zero-order chi connectivity index (χ0) is 12.8. The van der Waals surface area contributed by atoms with Gasteiger partial charge in [0, 0.05) is 18.8 Å². The monoisotopic (exact) mass is 308 g/mol. The number of carbonyl (C=O) groups is 1. The van der Waals surface area contributed by atoms with Crippen molar-refractivity contribution < 1.29 is 9.90 Å². The average molecular weight is 309 g/mol. The van der Waals surface area contributed by atoms with E-state index in [1.54, 1.807) is 0 Å². The molecule has 0 aliphatic carbocycles. The second-order valence-electron chi connectivity index (χ2n) is 3.99. The van der Waals surface area contributed by atoms with E-state index >= 15 is 0 Å². The van der Waals surface area contributed by atoms with Crippen LogP contribution in [0.1, 0.15) is 19.4 Å². The molecule has 6 heteroatoms. The first-order valence-electron chi connectivity index (χ1n) is 5.90. The average Bonchev–Trinajstić information content (AvgIpc) is 2.31. The van der Waals surface area contributed by atoms with Crippen LogP contribution in [0.2, 0.25) is 0 Å². The molecule has 1 aromatic carbocycles. The van der Waals surface area contributed by atoms with Gasteiger partial charge >= 0.3 is 5.97 Å². The number of benzene rings is 1. The van der Waals surface area contributed by atoms with Crippen molar-refractivity contribution in [2.24, 2.45) is 5.73 Å². The third-order valence-corrected chi connectivity index (χ3v) is 2.81. The van der Waals surface area contributed by atoms with Crippen LogP contribution in [0.3, 0.4) is 0 Å². The summed E-state index contributed by atoms with van der Waals surface area (Å²) in [6.45, 7) is 6.06. The predicted molar refractivity (Wildman–Crippen MR) is 83.8 cm³/mol. The Balaban J connectivity index is 0. The van der Waals surface area contributed by atoms with Gasteiger partial charge in [-0.3, -0.25) is 4.79 Å². The highest BCUT2D eigenvalue weighted by molar-refractivity contribution is 5.85. The molecule has 1 aromatic rings. The van der Waals surface area contributed by atoms with Crippen LogP contribution < -0.4 is 10.6 Å². The van der Waals surface area contributed by atoms with Crippen LogP contribution in [0.15, 0.2) is 24.3 Å². The molecule has 0 saturated carbocycles. The van der Waals surface area contributed by atoms with Crippen molar-refractivity contribution >= 4 is 36.5 Å². The fourth-order valence-electron chi connectivity index (χ4n) is 1.81. The molecule has 0 heterocycles. The lowest BCUT2D eigenvalue weighted by molar-refractivity contribution is -0.138. The molecule has 1 rings (SSSR count). The number of rotatable bonds is 6. The van der Waals surface area contributed by atoms with Crippen molar-refractivity contribution in [1.29, 1.82) is 0 Å². The highest BCUT2D eigenvalue weighted by Crippen LogP contribution is 2.16. The Morgan fingerprint density at radius 1 is 1.32 bits per heavy atom. The van der Waals surface area contributed by atoms with Crippen molar-refractivity contribution in [1.82, 2.24) is 0 Å². The summed E-state index contributed by atoms with van der Waals surface area (Å²) in [5.41, 5.74) is 7.60. The van der Waals surface area contributed by atoms with E-state index in [1.165, 1.54) is 0 Å². The van der Waals surface area contributed by atoms with Gasteiger partial charge in [-0.1, -0.05) is 12.1 Å². The Morgan fingerprint density at radius 2 is 1.89 bits per heavy atom. The number of nitrogens with zero attached hydrogens (tertiary/aromatic N) is 1. The first-order chi connectivity index (χ1) is 8.08. The van der Waals surface area contributed by atoms with Gasteiger partial charge in [0.1, 0.15) is 6.04 Å². The molecule has 0 aliphatic heterocycles. The largest absolute Gasteiger partial charge is 0.480 e. The summed E-state index contributed by atoms with van der Waals surface area (Å²) in [5, 5.41) is 8.78. The fraction of sp³-hybridized carbons (Fsp3) is 0.462. The van der Waals surface area contributed by atoms with E-state index in [2.05, 4.69) is 18.7 Å². The predicted octanol–water partition coefficient (Wildman–Crippen LogP) is 2.33. The smallest absolute Gasteiger partial charge is 0.320 e. The molecule has 110 valence electrons. The molecule has 0 spiro atoms. The van der Waals surface area contributed by atoms with Gasteiger partial charge in [-0.2, -0.15) is 0 Å². The van der Waals surface area contributed by atoms with E-state index in [0.29, 0.717) is 6.42 Å². The minimum atomic E-state index is -0.960. The number of hydrogen-bond donors (Lipinski definition) is 2. The van der Waals surface area contributed by atoms with Gasteiger partial charge in [-0.25, -0.2) is 0 Å². The quantitative estimate of drug-likeness (QED) is 0.846. The van der Waals surface area contributed by atoms with Crippen molar-refractivity contribution in [3.8, 4) is 0 Å². The maximum absolute atomic E-state index is 10.7. The van der Waals surface area contributed by atoms with Crippen molar-refractivity contribution in [3.63, 3.8) is 0 Å². The lowest BCUT2D eigenvalue weighted by Gasteiger charge is -2.21. The molecular weight excluding hydrogens is 287 g/mol. The zero-order valence-electron chi connectivity index (χ0n) is 11.2. The Kier molecular flexibility index (Phi) is 10.6. The van der Waals surface area contributed by atoms with E-state index in [-0.39, 0.29) is 24.8 Å². The summed E-state index contributed by atoms with van der Waals surface area (Å²) in [6, 6.07) is 7.06. The van der Waals surface area contributed by atoms with E-state index in [0.717, 1.165) is 24.3 Å². The van der Waals surface area contributed by atoms with Gasteiger partial charge in [0.05, 0.1) is 0 Å². The van der Waals surface area contributed by atoms with Crippen LogP contribution in [-0.4, -0.2) is 30.2 Å². The number of halogens is 2. The Bertz CT molecular complexity index is 385. The molecule has 19 heavy (non-hydrogen) atoms. The zero-order valence-corrected chi connectivity index (χ0v) is 12.8. The van der Waals surface area contributed by atoms with Gasteiger partial charge in [-0.15, -0.1) is 24.8 Å². The summed E-state index contributed by atoms with van der Waals surface area (Å²) >= 11 is 0. The molecule has 0 amide bonds. The van der Waals surface area contributed by atoms with Crippen LogP contribution >= 0.6 is 24.8 Å².